The molecule has 0 bridgehead atoms. The van der Waals surface area contributed by atoms with E-state index < -0.39 is 15.6 Å². The van der Waals surface area contributed by atoms with Gasteiger partial charge in [0, 0.05) is 5.54 Å². The summed E-state index contributed by atoms with van der Waals surface area (Å²) in [6, 6.07) is 3.21. The molecule has 0 radical (unpaired) electrons. The maximum atomic E-state index is 12.4. The molecule has 0 aliphatic rings. The zero-order valence-corrected chi connectivity index (χ0v) is 13.6. The minimum absolute atomic E-state index is 0.00914. The minimum Gasteiger partial charge on any atom is -0.447 e. The molecule has 0 spiro atoms. The lowest BCUT2D eigenvalue weighted by atomic mass is 9.91. The number of sulfonamides is 1. The Balaban J connectivity index is 2.90. The van der Waals surface area contributed by atoms with Gasteiger partial charge >= 0.3 is 0 Å². The fourth-order valence-corrected chi connectivity index (χ4v) is 3.72. The quantitative estimate of drug-likeness (QED) is 0.735. The maximum Gasteiger partial charge on any atom is 0.274 e. The van der Waals surface area contributed by atoms with E-state index in [1.807, 2.05) is 27.7 Å². The summed E-state index contributed by atoms with van der Waals surface area (Å²) in [7, 11) is -3.60. The fraction of sp³-hybridized carbons (Fsp3) is 0.714. The Bertz CT molecular complexity index is 496. The van der Waals surface area contributed by atoms with E-state index in [0.29, 0.717) is 12.3 Å². The first-order chi connectivity index (χ1) is 9.43. The average Bonchev–Trinajstić information content (AvgIpc) is 2.92. The summed E-state index contributed by atoms with van der Waals surface area (Å²) in [5, 5.41) is 3.09. The molecule has 5 nitrogen and oxygen atoms in total. The Morgan fingerprint density at radius 1 is 1.10 bits per heavy atom. The highest BCUT2D eigenvalue weighted by atomic mass is 32.2. The fourth-order valence-electron chi connectivity index (χ4n) is 2.15. The molecule has 0 atom stereocenters. The van der Waals surface area contributed by atoms with Crippen LogP contribution in [0.1, 0.15) is 52.7 Å². The molecule has 2 N–H and O–H groups in total. The van der Waals surface area contributed by atoms with Crippen LogP contribution < -0.4 is 10.0 Å². The lowest BCUT2D eigenvalue weighted by Crippen LogP contribution is -2.46. The highest BCUT2D eigenvalue weighted by molar-refractivity contribution is 7.89. The SMILES string of the molecule is CCNCc1ccc(S(=O)(=O)NC(CC)(CC)CC)o1. The third-order valence-electron chi connectivity index (χ3n) is 3.83. The Labute approximate surface area is 122 Å². The van der Waals surface area contributed by atoms with Crippen LogP contribution in [-0.4, -0.2) is 20.5 Å². The van der Waals surface area contributed by atoms with Crippen molar-refractivity contribution in [3.05, 3.63) is 17.9 Å². The number of nitrogens with one attached hydrogen (secondary N) is 2. The molecule has 20 heavy (non-hydrogen) atoms. The third kappa shape index (κ3) is 4.07. The first kappa shape index (κ1) is 17.2. The van der Waals surface area contributed by atoms with Crippen LogP contribution in [-0.2, 0) is 16.6 Å². The summed E-state index contributed by atoms with van der Waals surface area (Å²) in [6.07, 6.45) is 2.26. The molecule has 0 aliphatic heterocycles. The van der Waals surface area contributed by atoms with Crippen molar-refractivity contribution < 1.29 is 12.8 Å². The third-order valence-corrected chi connectivity index (χ3v) is 5.28. The first-order valence-electron chi connectivity index (χ1n) is 7.26. The van der Waals surface area contributed by atoms with E-state index in [9.17, 15) is 8.42 Å². The summed E-state index contributed by atoms with van der Waals surface area (Å²) < 4.78 is 33.0. The van der Waals surface area contributed by atoms with E-state index in [4.69, 9.17) is 4.42 Å². The molecule has 6 heteroatoms. The molecule has 0 saturated carbocycles. The van der Waals surface area contributed by atoms with Crippen LogP contribution in [0, 0.1) is 0 Å². The molecule has 0 aliphatic carbocycles. The molecular weight excluding hydrogens is 276 g/mol. The molecule has 1 aromatic rings. The van der Waals surface area contributed by atoms with Gasteiger partial charge in [0.15, 0.2) is 0 Å². The molecule has 0 amide bonds. The Morgan fingerprint density at radius 2 is 1.70 bits per heavy atom. The summed E-state index contributed by atoms with van der Waals surface area (Å²) in [5.41, 5.74) is -0.395. The predicted molar refractivity (Wildman–Crippen MR) is 80.0 cm³/mol. The number of hydrogen-bond donors (Lipinski definition) is 2. The molecule has 0 unspecified atom stereocenters. The van der Waals surface area contributed by atoms with E-state index in [1.165, 1.54) is 6.07 Å². The molecular formula is C14H26N2O3S. The summed E-state index contributed by atoms with van der Waals surface area (Å²) in [6.45, 7) is 9.31. The maximum absolute atomic E-state index is 12.4. The van der Waals surface area contributed by atoms with Gasteiger partial charge in [-0.25, -0.2) is 13.1 Å². The topological polar surface area (TPSA) is 71.3 Å². The number of hydrogen-bond acceptors (Lipinski definition) is 4. The van der Waals surface area contributed by atoms with Crippen LogP contribution in [0.5, 0.6) is 0 Å². The van der Waals surface area contributed by atoms with Crippen LogP contribution in [0.2, 0.25) is 0 Å². The average molecular weight is 302 g/mol. The number of rotatable bonds is 9. The van der Waals surface area contributed by atoms with Crippen molar-refractivity contribution in [2.45, 2.75) is 64.1 Å². The second-order valence-electron chi connectivity index (χ2n) is 4.95. The van der Waals surface area contributed by atoms with Crippen molar-refractivity contribution in [3.63, 3.8) is 0 Å². The van der Waals surface area contributed by atoms with E-state index in [2.05, 4.69) is 10.0 Å². The smallest absolute Gasteiger partial charge is 0.274 e. The largest absolute Gasteiger partial charge is 0.447 e. The van der Waals surface area contributed by atoms with Gasteiger partial charge in [0.1, 0.15) is 5.76 Å². The summed E-state index contributed by atoms with van der Waals surface area (Å²) in [5.74, 6) is 0.627. The zero-order valence-electron chi connectivity index (χ0n) is 12.8. The molecule has 1 aromatic heterocycles. The lowest BCUT2D eigenvalue weighted by molar-refractivity contribution is 0.332. The number of furan rings is 1. The van der Waals surface area contributed by atoms with Gasteiger partial charge < -0.3 is 9.73 Å². The molecule has 0 fully saturated rings. The molecule has 0 aromatic carbocycles. The molecule has 0 saturated heterocycles. The summed E-state index contributed by atoms with van der Waals surface area (Å²) >= 11 is 0. The zero-order chi connectivity index (χ0) is 15.2. The summed E-state index contributed by atoms with van der Waals surface area (Å²) in [4.78, 5) is 0. The highest BCUT2D eigenvalue weighted by Crippen LogP contribution is 2.23. The second kappa shape index (κ2) is 7.24. The van der Waals surface area contributed by atoms with Crippen molar-refractivity contribution in [3.8, 4) is 0 Å². The van der Waals surface area contributed by atoms with Crippen LogP contribution in [0.4, 0.5) is 0 Å². The highest BCUT2D eigenvalue weighted by Gasteiger charge is 2.31. The van der Waals surface area contributed by atoms with Crippen LogP contribution >= 0.6 is 0 Å². The van der Waals surface area contributed by atoms with Gasteiger partial charge in [0.25, 0.3) is 10.0 Å². The van der Waals surface area contributed by atoms with E-state index in [1.54, 1.807) is 6.07 Å². The van der Waals surface area contributed by atoms with E-state index in [0.717, 1.165) is 25.8 Å². The van der Waals surface area contributed by atoms with Crippen LogP contribution in [0.15, 0.2) is 21.6 Å². The van der Waals surface area contributed by atoms with Crippen molar-refractivity contribution in [1.82, 2.24) is 10.0 Å². The minimum atomic E-state index is -3.60. The van der Waals surface area contributed by atoms with Gasteiger partial charge in [-0.15, -0.1) is 0 Å². The lowest BCUT2D eigenvalue weighted by Gasteiger charge is -2.30. The monoisotopic (exact) mass is 302 g/mol. The van der Waals surface area contributed by atoms with Gasteiger partial charge in [-0.2, -0.15) is 0 Å². The van der Waals surface area contributed by atoms with Gasteiger partial charge in [0.2, 0.25) is 5.09 Å². The van der Waals surface area contributed by atoms with Gasteiger partial charge in [0.05, 0.1) is 6.54 Å². The van der Waals surface area contributed by atoms with Gasteiger partial charge in [-0.3, -0.25) is 0 Å². The van der Waals surface area contributed by atoms with E-state index in [-0.39, 0.29) is 5.09 Å². The van der Waals surface area contributed by atoms with Gasteiger partial charge in [-0.05, 0) is 37.9 Å². The van der Waals surface area contributed by atoms with Crippen molar-refractivity contribution in [2.24, 2.45) is 0 Å². The second-order valence-corrected chi connectivity index (χ2v) is 6.56. The molecule has 1 rings (SSSR count). The Morgan fingerprint density at radius 3 is 2.20 bits per heavy atom. The van der Waals surface area contributed by atoms with E-state index >= 15 is 0 Å². The molecule has 1 heterocycles. The van der Waals surface area contributed by atoms with Crippen molar-refractivity contribution in [1.29, 1.82) is 0 Å². The van der Waals surface area contributed by atoms with Crippen molar-refractivity contribution in [2.75, 3.05) is 6.54 Å². The Kier molecular flexibility index (Phi) is 6.23. The standard InChI is InChI=1S/C14H26N2O3S/c1-5-14(6-2,7-3)16-20(17,18)13-10-9-12(19-13)11-15-8-4/h9-10,15-16H,5-8,11H2,1-4H3. The van der Waals surface area contributed by atoms with Crippen molar-refractivity contribution >= 4 is 10.0 Å². The first-order valence-corrected chi connectivity index (χ1v) is 8.74. The Hall–Kier alpha value is -0.850. The molecule has 116 valence electrons. The van der Waals surface area contributed by atoms with Gasteiger partial charge in [-0.1, -0.05) is 27.7 Å². The van der Waals surface area contributed by atoms with Crippen LogP contribution in [0.3, 0.4) is 0 Å². The predicted octanol–water partition coefficient (Wildman–Crippen LogP) is 2.64. The van der Waals surface area contributed by atoms with Crippen LogP contribution in [0.25, 0.3) is 0 Å². The normalized spacial score (nSPS) is 12.8.